The van der Waals surface area contributed by atoms with Crippen LogP contribution in [0.3, 0.4) is 0 Å². The third-order valence-corrected chi connectivity index (χ3v) is 5.25. The first-order chi connectivity index (χ1) is 11.7. The Bertz CT molecular complexity index is 586. The first kappa shape index (κ1) is 17.4. The van der Waals surface area contributed by atoms with E-state index in [9.17, 15) is 0 Å². The molecule has 2 heterocycles. The highest BCUT2D eigenvalue weighted by Crippen LogP contribution is 2.23. The monoisotopic (exact) mass is 350 g/mol. The zero-order valence-corrected chi connectivity index (χ0v) is 15.4. The largest absolute Gasteiger partial charge is 0.496 e. The van der Waals surface area contributed by atoms with Gasteiger partial charge in [0.25, 0.3) is 0 Å². The molecule has 6 heteroatoms. The number of methoxy groups -OCH3 is 1. The number of guanidine groups is 1. The normalized spacial score (nSPS) is 22.2. The molecule has 0 aromatic heterocycles. The first-order valence-corrected chi connectivity index (χ1v) is 9.11. The van der Waals surface area contributed by atoms with E-state index in [1.165, 1.54) is 32.4 Å². The number of ether oxygens (including phenoxy) is 1. The second-order valence-electron chi connectivity index (χ2n) is 6.49. The molecule has 0 saturated carbocycles. The molecule has 132 valence electrons. The summed E-state index contributed by atoms with van der Waals surface area (Å²) in [7, 11) is 3.52. The Hall–Kier alpha value is -1.46. The van der Waals surface area contributed by atoms with Crippen molar-refractivity contribution < 1.29 is 4.74 Å². The second-order valence-corrected chi connectivity index (χ2v) is 6.92. The van der Waals surface area contributed by atoms with Crippen LogP contribution in [0.4, 0.5) is 0 Å². The Morgan fingerprint density at radius 1 is 1.33 bits per heavy atom. The predicted octanol–water partition coefficient (Wildman–Crippen LogP) is 2.59. The summed E-state index contributed by atoms with van der Waals surface area (Å²) in [4.78, 5) is 9.47. The summed E-state index contributed by atoms with van der Waals surface area (Å²) < 4.78 is 5.42. The van der Waals surface area contributed by atoms with Crippen molar-refractivity contribution in [1.29, 1.82) is 0 Å². The molecule has 0 radical (unpaired) electrons. The van der Waals surface area contributed by atoms with Crippen molar-refractivity contribution in [2.75, 3.05) is 40.3 Å². The lowest BCUT2D eigenvalue weighted by Gasteiger charge is -2.25. The topological polar surface area (TPSA) is 40.1 Å². The molecule has 1 aromatic rings. The molecule has 2 aliphatic rings. The quantitative estimate of drug-likeness (QED) is 0.669. The Balaban J connectivity index is 1.58. The van der Waals surface area contributed by atoms with Crippen LogP contribution >= 0.6 is 11.6 Å². The Morgan fingerprint density at radius 3 is 2.83 bits per heavy atom. The van der Waals surface area contributed by atoms with Crippen LogP contribution < -0.4 is 10.1 Å². The Kier molecular flexibility index (Phi) is 5.85. The molecule has 1 unspecified atom stereocenters. The molecule has 1 N–H and O–H groups in total. The molecular weight excluding hydrogens is 324 g/mol. The molecule has 2 fully saturated rings. The number of rotatable bonds is 4. The predicted molar refractivity (Wildman–Crippen MR) is 99.0 cm³/mol. The highest BCUT2D eigenvalue weighted by Gasteiger charge is 2.30. The van der Waals surface area contributed by atoms with Gasteiger partial charge in [-0.2, -0.15) is 0 Å². The van der Waals surface area contributed by atoms with Crippen molar-refractivity contribution in [3.05, 3.63) is 28.8 Å². The van der Waals surface area contributed by atoms with E-state index in [-0.39, 0.29) is 0 Å². The number of nitrogens with zero attached hydrogens (tertiary/aromatic N) is 3. The van der Waals surface area contributed by atoms with E-state index < -0.39 is 0 Å². The van der Waals surface area contributed by atoms with Gasteiger partial charge in [-0.05, 0) is 44.5 Å². The molecule has 0 aliphatic carbocycles. The van der Waals surface area contributed by atoms with Crippen molar-refractivity contribution in [1.82, 2.24) is 15.1 Å². The summed E-state index contributed by atoms with van der Waals surface area (Å²) in [5, 5.41) is 4.16. The van der Waals surface area contributed by atoms with Gasteiger partial charge in [0.05, 0.1) is 7.11 Å². The van der Waals surface area contributed by atoms with Gasteiger partial charge in [-0.3, -0.25) is 9.89 Å². The smallest absolute Gasteiger partial charge is 0.193 e. The summed E-state index contributed by atoms with van der Waals surface area (Å²) in [6.07, 6.45) is 3.92. The third-order valence-electron chi connectivity index (χ3n) is 5.02. The molecule has 3 rings (SSSR count). The fraction of sp³-hybridized carbons (Fsp3) is 0.611. The zero-order valence-electron chi connectivity index (χ0n) is 14.6. The van der Waals surface area contributed by atoms with E-state index in [0.717, 1.165) is 30.4 Å². The van der Waals surface area contributed by atoms with Gasteiger partial charge >= 0.3 is 0 Å². The molecule has 24 heavy (non-hydrogen) atoms. The first-order valence-electron chi connectivity index (χ1n) is 8.73. The summed E-state index contributed by atoms with van der Waals surface area (Å²) in [6.45, 7) is 5.33. The minimum Gasteiger partial charge on any atom is -0.496 e. The summed E-state index contributed by atoms with van der Waals surface area (Å²) >= 11 is 6.03. The maximum absolute atomic E-state index is 6.03. The van der Waals surface area contributed by atoms with Crippen LogP contribution in [0.1, 0.15) is 24.8 Å². The van der Waals surface area contributed by atoms with Gasteiger partial charge < -0.3 is 15.0 Å². The minimum absolute atomic E-state index is 0.677. The fourth-order valence-corrected chi connectivity index (χ4v) is 3.87. The molecule has 0 bridgehead atoms. The van der Waals surface area contributed by atoms with E-state index in [2.05, 4.69) is 20.1 Å². The van der Waals surface area contributed by atoms with E-state index in [4.69, 9.17) is 16.3 Å². The molecule has 1 atom stereocenters. The lowest BCUT2D eigenvalue weighted by atomic mass is 10.2. The SMILES string of the molecule is CN=C(NCc1ccc(Cl)cc1OC)N1CCC(N2CCCC2)C1. The van der Waals surface area contributed by atoms with Crippen molar-refractivity contribution in [3.63, 3.8) is 0 Å². The second kappa shape index (κ2) is 8.08. The molecule has 0 amide bonds. The number of likely N-dealkylation sites (tertiary alicyclic amines) is 2. The van der Waals surface area contributed by atoms with Crippen LogP contribution in [0, 0.1) is 0 Å². The minimum atomic E-state index is 0.677. The fourth-order valence-electron chi connectivity index (χ4n) is 3.71. The molecule has 0 spiro atoms. The standard InChI is InChI=1S/C18H27ClN4O/c1-20-18(21-12-14-5-6-15(19)11-17(14)24-2)23-10-7-16(13-23)22-8-3-4-9-22/h5-6,11,16H,3-4,7-10,12-13H2,1-2H3,(H,20,21). The highest BCUT2D eigenvalue weighted by molar-refractivity contribution is 6.30. The van der Waals surface area contributed by atoms with Crippen LogP contribution in [-0.4, -0.2) is 62.1 Å². The van der Waals surface area contributed by atoms with Gasteiger partial charge in [-0.1, -0.05) is 17.7 Å². The number of benzene rings is 1. The number of halogens is 1. The van der Waals surface area contributed by atoms with Crippen LogP contribution in [0.2, 0.25) is 5.02 Å². The van der Waals surface area contributed by atoms with Gasteiger partial charge in [0.15, 0.2) is 5.96 Å². The maximum atomic E-state index is 6.03. The van der Waals surface area contributed by atoms with Gasteiger partial charge in [0.2, 0.25) is 0 Å². The number of hydrogen-bond donors (Lipinski definition) is 1. The van der Waals surface area contributed by atoms with Crippen LogP contribution in [0.25, 0.3) is 0 Å². The third kappa shape index (κ3) is 3.95. The number of hydrogen-bond acceptors (Lipinski definition) is 3. The van der Waals surface area contributed by atoms with Crippen LogP contribution in [0.15, 0.2) is 23.2 Å². The average Bonchev–Trinajstić information content (AvgIpc) is 3.27. The van der Waals surface area contributed by atoms with Gasteiger partial charge in [-0.15, -0.1) is 0 Å². The highest BCUT2D eigenvalue weighted by atomic mass is 35.5. The van der Waals surface area contributed by atoms with E-state index in [1.54, 1.807) is 7.11 Å². The molecular formula is C18H27ClN4O. The van der Waals surface area contributed by atoms with E-state index in [0.29, 0.717) is 17.6 Å². The van der Waals surface area contributed by atoms with Crippen molar-refractivity contribution in [3.8, 4) is 5.75 Å². The van der Waals surface area contributed by atoms with Crippen LogP contribution in [0.5, 0.6) is 5.75 Å². The summed E-state index contributed by atoms with van der Waals surface area (Å²) in [5.74, 6) is 1.77. The number of nitrogens with one attached hydrogen (secondary N) is 1. The lowest BCUT2D eigenvalue weighted by Crippen LogP contribution is -2.42. The number of aliphatic imine (C=N–C) groups is 1. The van der Waals surface area contributed by atoms with Gasteiger partial charge in [0, 0.05) is 43.3 Å². The Morgan fingerprint density at radius 2 is 2.12 bits per heavy atom. The average molecular weight is 351 g/mol. The lowest BCUT2D eigenvalue weighted by molar-refractivity contribution is 0.249. The van der Waals surface area contributed by atoms with Gasteiger partial charge in [-0.25, -0.2) is 0 Å². The zero-order chi connectivity index (χ0) is 16.9. The summed E-state index contributed by atoms with van der Waals surface area (Å²) in [6, 6.07) is 6.42. The maximum Gasteiger partial charge on any atom is 0.193 e. The van der Waals surface area contributed by atoms with Gasteiger partial charge in [0.1, 0.15) is 5.75 Å². The van der Waals surface area contributed by atoms with Crippen molar-refractivity contribution >= 4 is 17.6 Å². The van der Waals surface area contributed by atoms with Crippen molar-refractivity contribution in [2.45, 2.75) is 31.8 Å². The van der Waals surface area contributed by atoms with E-state index >= 15 is 0 Å². The molecule has 5 nitrogen and oxygen atoms in total. The molecule has 2 saturated heterocycles. The van der Waals surface area contributed by atoms with E-state index in [1.807, 2.05) is 25.2 Å². The molecule has 2 aliphatic heterocycles. The van der Waals surface area contributed by atoms with Crippen molar-refractivity contribution in [2.24, 2.45) is 4.99 Å². The van der Waals surface area contributed by atoms with Crippen LogP contribution in [-0.2, 0) is 6.54 Å². The molecule has 1 aromatic carbocycles. The Labute approximate surface area is 149 Å². The summed E-state index contributed by atoms with van der Waals surface area (Å²) in [5.41, 5.74) is 1.08.